The van der Waals surface area contributed by atoms with Gasteiger partial charge in [0, 0.05) is 0 Å². The summed E-state index contributed by atoms with van der Waals surface area (Å²) in [6.07, 6.45) is 11.3. The van der Waals surface area contributed by atoms with E-state index in [1.807, 2.05) is 0 Å². The average molecular weight is 239 g/mol. The third-order valence-corrected chi connectivity index (χ3v) is 4.51. The van der Waals surface area contributed by atoms with E-state index < -0.39 is 0 Å². The molecule has 0 aromatic heterocycles. The van der Waals surface area contributed by atoms with Gasteiger partial charge in [0.05, 0.1) is 11.7 Å². The lowest BCUT2D eigenvalue weighted by Crippen LogP contribution is -2.32. The SMILES string of the molecule is CCNCC(C)CC1CCC2(CCCCC2)O1. The maximum atomic E-state index is 6.41. The van der Waals surface area contributed by atoms with Gasteiger partial charge in [0.15, 0.2) is 0 Å². The summed E-state index contributed by atoms with van der Waals surface area (Å²) in [6.45, 7) is 6.75. The maximum Gasteiger partial charge on any atom is 0.0687 e. The first-order valence-electron chi connectivity index (χ1n) is 7.63. The fourth-order valence-corrected chi connectivity index (χ4v) is 3.55. The zero-order valence-corrected chi connectivity index (χ0v) is 11.6. The Balaban J connectivity index is 1.73. The van der Waals surface area contributed by atoms with Crippen LogP contribution in [0.3, 0.4) is 0 Å². The smallest absolute Gasteiger partial charge is 0.0687 e. The van der Waals surface area contributed by atoms with Crippen molar-refractivity contribution < 1.29 is 4.74 Å². The molecule has 2 heteroatoms. The Hall–Kier alpha value is -0.0800. The van der Waals surface area contributed by atoms with Gasteiger partial charge in [-0.1, -0.05) is 33.1 Å². The number of ether oxygens (including phenoxy) is 1. The Bertz CT molecular complexity index is 223. The van der Waals surface area contributed by atoms with Crippen molar-refractivity contribution in [3.05, 3.63) is 0 Å². The number of hydrogen-bond donors (Lipinski definition) is 1. The Morgan fingerprint density at radius 2 is 2.00 bits per heavy atom. The molecule has 0 aromatic carbocycles. The summed E-state index contributed by atoms with van der Waals surface area (Å²) >= 11 is 0. The molecule has 2 fully saturated rings. The quantitative estimate of drug-likeness (QED) is 0.793. The van der Waals surface area contributed by atoms with Gasteiger partial charge in [-0.3, -0.25) is 0 Å². The zero-order valence-electron chi connectivity index (χ0n) is 11.6. The highest BCUT2D eigenvalue weighted by Crippen LogP contribution is 2.43. The number of rotatable bonds is 5. The van der Waals surface area contributed by atoms with Crippen LogP contribution in [0.1, 0.15) is 65.2 Å². The summed E-state index contributed by atoms with van der Waals surface area (Å²) in [5.74, 6) is 0.749. The minimum Gasteiger partial charge on any atom is -0.372 e. The molecule has 2 atom stereocenters. The van der Waals surface area contributed by atoms with Gasteiger partial charge in [0.1, 0.15) is 0 Å². The standard InChI is InChI=1S/C15H29NO/c1-3-16-12-13(2)11-14-7-10-15(17-14)8-5-4-6-9-15/h13-14,16H,3-12H2,1-2H3. The summed E-state index contributed by atoms with van der Waals surface area (Å²) in [5.41, 5.74) is 0.306. The molecule has 0 radical (unpaired) electrons. The summed E-state index contributed by atoms with van der Waals surface area (Å²) < 4.78 is 6.41. The van der Waals surface area contributed by atoms with Gasteiger partial charge in [-0.15, -0.1) is 0 Å². The predicted octanol–water partition coefficient (Wildman–Crippen LogP) is 3.50. The average Bonchev–Trinajstić information content (AvgIpc) is 2.70. The van der Waals surface area contributed by atoms with Crippen LogP contribution in [0, 0.1) is 5.92 Å². The van der Waals surface area contributed by atoms with E-state index in [1.165, 1.54) is 51.4 Å². The molecule has 0 amide bonds. The molecule has 1 heterocycles. The van der Waals surface area contributed by atoms with Crippen LogP contribution in [0.4, 0.5) is 0 Å². The lowest BCUT2D eigenvalue weighted by molar-refractivity contribution is -0.0691. The molecule has 100 valence electrons. The van der Waals surface area contributed by atoms with Crippen molar-refractivity contribution in [1.29, 1.82) is 0 Å². The van der Waals surface area contributed by atoms with E-state index in [-0.39, 0.29) is 0 Å². The monoisotopic (exact) mass is 239 g/mol. The minimum absolute atomic E-state index is 0.306. The van der Waals surface area contributed by atoms with Gasteiger partial charge in [-0.2, -0.15) is 0 Å². The molecule has 1 N–H and O–H groups in total. The highest BCUT2D eigenvalue weighted by Gasteiger charge is 2.40. The molecule has 17 heavy (non-hydrogen) atoms. The lowest BCUT2D eigenvalue weighted by atomic mass is 9.83. The van der Waals surface area contributed by atoms with Crippen LogP contribution in [0.15, 0.2) is 0 Å². The number of hydrogen-bond acceptors (Lipinski definition) is 2. The maximum absolute atomic E-state index is 6.41. The molecule has 0 bridgehead atoms. The second kappa shape index (κ2) is 6.19. The Labute approximate surface area is 107 Å². The Kier molecular flexibility index (Phi) is 4.87. The number of nitrogens with one attached hydrogen (secondary N) is 1. The van der Waals surface area contributed by atoms with Crippen LogP contribution in [-0.2, 0) is 4.74 Å². The van der Waals surface area contributed by atoms with Crippen LogP contribution < -0.4 is 5.32 Å². The van der Waals surface area contributed by atoms with Gasteiger partial charge in [-0.05, 0) is 51.1 Å². The predicted molar refractivity (Wildman–Crippen MR) is 72.2 cm³/mol. The van der Waals surface area contributed by atoms with Crippen molar-refractivity contribution >= 4 is 0 Å². The van der Waals surface area contributed by atoms with Crippen LogP contribution in [-0.4, -0.2) is 24.8 Å². The van der Waals surface area contributed by atoms with E-state index in [1.54, 1.807) is 0 Å². The molecule has 2 nitrogen and oxygen atoms in total. The molecule has 1 saturated carbocycles. The van der Waals surface area contributed by atoms with Crippen molar-refractivity contribution in [3.63, 3.8) is 0 Å². The van der Waals surface area contributed by atoms with Crippen LogP contribution in [0.25, 0.3) is 0 Å². The largest absolute Gasteiger partial charge is 0.372 e. The summed E-state index contributed by atoms with van der Waals surface area (Å²) in [7, 11) is 0. The third-order valence-electron chi connectivity index (χ3n) is 4.51. The fraction of sp³-hybridized carbons (Fsp3) is 1.00. The fourth-order valence-electron chi connectivity index (χ4n) is 3.55. The topological polar surface area (TPSA) is 21.3 Å². The second-order valence-corrected chi connectivity index (χ2v) is 6.17. The molecule has 1 saturated heterocycles. The van der Waals surface area contributed by atoms with E-state index in [4.69, 9.17) is 4.74 Å². The van der Waals surface area contributed by atoms with Crippen molar-refractivity contribution in [3.8, 4) is 0 Å². The minimum atomic E-state index is 0.306. The molecule has 0 aromatic rings. The van der Waals surface area contributed by atoms with Gasteiger partial charge in [0.2, 0.25) is 0 Å². The zero-order chi connectivity index (χ0) is 12.1. The van der Waals surface area contributed by atoms with E-state index in [0.29, 0.717) is 11.7 Å². The summed E-state index contributed by atoms with van der Waals surface area (Å²) in [4.78, 5) is 0. The molecular weight excluding hydrogens is 210 g/mol. The van der Waals surface area contributed by atoms with Gasteiger partial charge < -0.3 is 10.1 Å². The molecular formula is C15H29NO. The first kappa shape index (κ1) is 13.4. The first-order chi connectivity index (χ1) is 8.24. The molecule has 2 aliphatic rings. The van der Waals surface area contributed by atoms with E-state index in [9.17, 15) is 0 Å². The molecule has 1 spiro atoms. The van der Waals surface area contributed by atoms with Crippen molar-refractivity contribution in [2.45, 2.75) is 76.9 Å². The third kappa shape index (κ3) is 3.69. The van der Waals surface area contributed by atoms with Gasteiger partial charge >= 0.3 is 0 Å². The van der Waals surface area contributed by atoms with Gasteiger partial charge in [0.25, 0.3) is 0 Å². The Morgan fingerprint density at radius 1 is 1.24 bits per heavy atom. The normalized spacial score (nSPS) is 29.6. The molecule has 1 aliphatic carbocycles. The molecule has 1 aliphatic heterocycles. The van der Waals surface area contributed by atoms with E-state index in [2.05, 4.69) is 19.2 Å². The molecule has 2 rings (SSSR count). The Morgan fingerprint density at radius 3 is 2.71 bits per heavy atom. The van der Waals surface area contributed by atoms with Crippen molar-refractivity contribution in [2.24, 2.45) is 5.92 Å². The van der Waals surface area contributed by atoms with Crippen LogP contribution in [0.2, 0.25) is 0 Å². The second-order valence-electron chi connectivity index (χ2n) is 6.17. The highest BCUT2D eigenvalue weighted by molar-refractivity contribution is 4.91. The molecule has 2 unspecified atom stereocenters. The summed E-state index contributed by atoms with van der Waals surface area (Å²) in [5, 5.41) is 3.44. The van der Waals surface area contributed by atoms with Crippen molar-refractivity contribution in [2.75, 3.05) is 13.1 Å². The van der Waals surface area contributed by atoms with Gasteiger partial charge in [-0.25, -0.2) is 0 Å². The summed E-state index contributed by atoms with van der Waals surface area (Å²) in [6, 6.07) is 0. The lowest BCUT2D eigenvalue weighted by Gasteiger charge is -2.33. The van der Waals surface area contributed by atoms with Crippen molar-refractivity contribution in [1.82, 2.24) is 5.32 Å². The van der Waals surface area contributed by atoms with E-state index >= 15 is 0 Å². The van der Waals surface area contributed by atoms with Crippen LogP contribution in [0.5, 0.6) is 0 Å². The highest BCUT2D eigenvalue weighted by atomic mass is 16.5. The van der Waals surface area contributed by atoms with E-state index in [0.717, 1.165) is 19.0 Å². The first-order valence-corrected chi connectivity index (χ1v) is 7.63. The van der Waals surface area contributed by atoms with Crippen LogP contribution >= 0.6 is 0 Å².